The third kappa shape index (κ3) is 3.72. The average Bonchev–Trinajstić information content (AvgIpc) is 2.89. The number of hydrogen-bond acceptors (Lipinski definition) is 5. The van der Waals surface area contributed by atoms with Gasteiger partial charge in [0.25, 0.3) is 0 Å². The molecule has 0 aromatic heterocycles. The first kappa shape index (κ1) is 15.8. The van der Waals surface area contributed by atoms with Gasteiger partial charge in [0, 0.05) is 6.04 Å². The largest absolute Gasteiger partial charge is 0.494 e. The number of carbonyl (C=O) groups excluding carboxylic acids is 1. The molecule has 0 radical (unpaired) electrons. The number of nitrogens with two attached hydrogens (primary N) is 1. The Hall–Kier alpha value is -1.63. The van der Waals surface area contributed by atoms with Crippen LogP contribution in [0.4, 0.5) is 0 Å². The molecule has 1 saturated heterocycles. The lowest BCUT2D eigenvalue weighted by Crippen LogP contribution is -2.41. The molecule has 0 saturated carbocycles. The molecule has 21 heavy (non-hydrogen) atoms. The number of unbranched alkanes of at least 4 members (excludes halogenated alkanes) is 1. The van der Waals surface area contributed by atoms with Gasteiger partial charge in [0.15, 0.2) is 0 Å². The van der Waals surface area contributed by atoms with Crippen LogP contribution in [0, 0.1) is 5.92 Å². The predicted molar refractivity (Wildman–Crippen MR) is 81.1 cm³/mol. The predicted octanol–water partition coefficient (Wildman–Crippen LogP) is 1.01. The quantitative estimate of drug-likeness (QED) is 0.272. The number of benzene rings is 1. The second kappa shape index (κ2) is 7.40. The van der Waals surface area contributed by atoms with E-state index >= 15 is 0 Å². The van der Waals surface area contributed by atoms with Crippen molar-refractivity contribution < 1.29 is 9.53 Å². The van der Waals surface area contributed by atoms with Crippen LogP contribution in [0.2, 0.25) is 0 Å². The van der Waals surface area contributed by atoms with E-state index in [0.29, 0.717) is 0 Å². The summed E-state index contributed by atoms with van der Waals surface area (Å²) in [5.74, 6) is 5.70. The summed E-state index contributed by atoms with van der Waals surface area (Å²) in [6.45, 7) is 4.82. The first-order chi connectivity index (χ1) is 10.2. The van der Waals surface area contributed by atoms with Crippen molar-refractivity contribution in [3.8, 4) is 5.75 Å². The fourth-order valence-corrected chi connectivity index (χ4v) is 2.56. The van der Waals surface area contributed by atoms with Gasteiger partial charge in [-0.25, -0.2) is 11.3 Å². The fourth-order valence-electron chi connectivity index (χ4n) is 2.56. The van der Waals surface area contributed by atoms with Gasteiger partial charge in [-0.15, -0.1) is 0 Å². The normalized spacial score (nSPS) is 24.8. The van der Waals surface area contributed by atoms with Crippen LogP contribution in [0.3, 0.4) is 0 Å². The monoisotopic (exact) mass is 292 g/mol. The second-order valence-corrected chi connectivity index (χ2v) is 5.36. The zero-order chi connectivity index (χ0) is 15.2. The van der Waals surface area contributed by atoms with Gasteiger partial charge >= 0.3 is 0 Å². The smallest absolute Gasteiger partial charge is 0.240 e. The van der Waals surface area contributed by atoms with Gasteiger partial charge in [0.05, 0.1) is 18.6 Å². The van der Waals surface area contributed by atoms with Gasteiger partial charge < -0.3 is 4.74 Å². The van der Waals surface area contributed by atoms with E-state index in [4.69, 9.17) is 10.6 Å². The van der Waals surface area contributed by atoms with Crippen LogP contribution in [0.25, 0.3) is 0 Å². The molecule has 0 bridgehead atoms. The number of hydrazine groups is 2. The molecule has 1 amide bonds. The standard InChI is InChI=1S/C15H24N4O2/c1-3-4-9-21-12-7-5-11(6-8-12)14-13(15(20)17-16)10(2)18-19-14/h5-8,10,13-14,18-19H,3-4,9,16H2,1-2H3,(H,17,20). The van der Waals surface area contributed by atoms with E-state index in [1.807, 2.05) is 31.2 Å². The maximum atomic E-state index is 11.9. The van der Waals surface area contributed by atoms with Gasteiger partial charge in [-0.2, -0.15) is 0 Å². The summed E-state index contributed by atoms with van der Waals surface area (Å²) < 4.78 is 5.65. The second-order valence-electron chi connectivity index (χ2n) is 5.36. The Morgan fingerprint density at radius 1 is 1.33 bits per heavy atom. The molecule has 1 heterocycles. The van der Waals surface area contributed by atoms with Crippen molar-refractivity contribution in [1.29, 1.82) is 0 Å². The van der Waals surface area contributed by atoms with Crippen molar-refractivity contribution in [3.63, 3.8) is 0 Å². The number of amides is 1. The summed E-state index contributed by atoms with van der Waals surface area (Å²) in [5, 5.41) is 0. The number of carbonyl (C=O) groups is 1. The van der Waals surface area contributed by atoms with Crippen molar-refractivity contribution in [2.75, 3.05) is 6.61 Å². The molecule has 6 heteroatoms. The van der Waals surface area contributed by atoms with Crippen molar-refractivity contribution in [1.82, 2.24) is 16.3 Å². The molecule has 6 nitrogen and oxygen atoms in total. The number of ether oxygens (including phenoxy) is 1. The molecule has 2 rings (SSSR count). The maximum Gasteiger partial charge on any atom is 0.240 e. The molecule has 1 fully saturated rings. The molecule has 1 aromatic carbocycles. The zero-order valence-corrected chi connectivity index (χ0v) is 12.6. The Kier molecular flexibility index (Phi) is 5.55. The minimum atomic E-state index is -0.248. The summed E-state index contributed by atoms with van der Waals surface area (Å²) in [5.41, 5.74) is 9.51. The van der Waals surface area contributed by atoms with Crippen LogP contribution in [0.5, 0.6) is 5.75 Å². The van der Waals surface area contributed by atoms with E-state index in [1.54, 1.807) is 0 Å². The highest BCUT2D eigenvalue weighted by Crippen LogP contribution is 2.29. The molecule has 1 aromatic rings. The first-order valence-corrected chi connectivity index (χ1v) is 7.41. The Morgan fingerprint density at radius 2 is 2.05 bits per heavy atom. The van der Waals surface area contributed by atoms with Crippen LogP contribution >= 0.6 is 0 Å². The molecule has 3 atom stereocenters. The van der Waals surface area contributed by atoms with E-state index in [2.05, 4.69) is 23.2 Å². The number of hydrogen-bond donors (Lipinski definition) is 4. The SMILES string of the molecule is CCCCOc1ccc(C2NNC(C)C2C(=O)NN)cc1. The van der Waals surface area contributed by atoms with Crippen molar-refractivity contribution in [3.05, 3.63) is 29.8 Å². The summed E-state index contributed by atoms with van der Waals surface area (Å²) in [6.07, 6.45) is 2.16. The lowest BCUT2D eigenvalue weighted by molar-refractivity contribution is -0.125. The van der Waals surface area contributed by atoms with E-state index in [-0.39, 0.29) is 23.9 Å². The molecular weight excluding hydrogens is 268 g/mol. The molecule has 0 spiro atoms. The van der Waals surface area contributed by atoms with Crippen LogP contribution < -0.4 is 26.9 Å². The lowest BCUT2D eigenvalue weighted by atomic mass is 9.89. The van der Waals surface area contributed by atoms with Gasteiger partial charge in [-0.05, 0) is 31.0 Å². The van der Waals surface area contributed by atoms with E-state index < -0.39 is 0 Å². The molecule has 116 valence electrons. The van der Waals surface area contributed by atoms with Crippen LogP contribution in [0.15, 0.2) is 24.3 Å². The molecule has 5 N–H and O–H groups in total. The molecular formula is C15H24N4O2. The number of nitrogens with one attached hydrogen (secondary N) is 3. The van der Waals surface area contributed by atoms with Crippen LogP contribution in [0.1, 0.15) is 38.3 Å². The van der Waals surface area contributed by atoms with Gasteiger partial charge in [0.1, 0.15) is 5.75 Å². The zero-order valence-electron chi connectivity index (χ0n) is 12.6. The van der Waals surface area contributed by atoms with E-state index in [9.17, 15) is 4.79 Å². The maximum absolute atomic E-state index is 11.9. The van der Waals surface area contributed by atoms with E-state index in [0.717, 1.165) is 30.8 Å². The minimum absolute atomic E-state index is 0.0130. The van der Waals surface area contributed by atoms with Gasteiger partial charge in [0.2, 0.25) is 5.91 Å². The molecule has 1 aliphatic heterocycles. The van der Waals surface area contributed by atoms with E-state index in [1.165, 1.54) is 0 Å². The fraction of sp³-hybridized carbons (Fsp3) is 0.533. The Labute approximate surface area is 125 Å². The molecule has 1 aliphatic rings. The van der Waals surface area contributed by atoms with Crippen molar-refractivity contribution in [2.24, 2.45) is 11.8 Å². The Balaban J connectivity index is 2.05. The topological polar surface area (TPSA) is 88.4 Å². The highest BCUT2D eigenvalue weighted by Gasteiger charge is 2.38. The number of rotatable bonds is 6. The Morgan fingerprint density at radius 3 is 2.67 bits per heavy atom. The lowest BCUT2D eigenvalue weighted by Gasteiger charge is -2.19. The molecule has 3 unspecified atom stereocenters. The average molecular weight is 292 g/mol. The van der Waals surface area contributed by atoms with Gasteiger partial charge in [-0.1, -0.05) is 25.5 Å². The minimum Gasteiger partial charge on any atom is -0.494 e. The highest BCUT2D eigenvalue weighted by atomic mass is 16.5. The van der Waals surface area contributed by atoms with Gasteiger partial charge in [-0.3, -0.25) is 15.6 Å². The van der Waals surface area contributed by atoms with Crippen molar-refractivity contribution >= 4 is 5.91 Å². The van der Waals surface area contributed by atoms with Crippen molar-refractivity contribution in [2.45, 2.75) is 38.8 Å². The highest BCUT2D eigenvalue weighted by molar-refractivity contribution is 5.80. The summed E-state index contributed by atoms with van der Waals surface area (Å²) in [6, 6.07) is 7.75. The van der Waals surface area contributed by atoms with Crippen LogP contribution in [-0.2, 0) is 4.79 Å². The Bertz CT molecular complexity index is 463. The third-order valence-electron chi connectivity index (χ3n) is 3.82. The van der Waals surface area contributed by atoms with Crippen LogP contribution in [-0.4, -0.2) is 18.6 Å². The summed E-state index contributed by atoms with van der Waals surface area (Å²) >= 11 is 0. The molecule has 0 aliphatic carbocycles. The third-order valence-corrected chi connectivity index (χ3v) is 3.82. The summed E-state index contributed by atoms with van der Waals surface area (Å²) in [7, 11) is 0. The summed E-state index contributed by atoms with van der Waals surface area (Å²) in [4.78, 5) is 11.9. The first-order valence-electron chi connectivity index (χ1n) is 7.41.